The first kappa shape index (κ1) is 16.2. The molecule has 3 nitrogen and oxygen atoms in total. The Kier molecular flexibility index (Phi) is 5.42. The summed E-state index contributed by atoms with van der Waals surface area (Å²) in [5, 5.41) is 0.833. The zero-order chi connectivity index (χ0) is 16.1. The summed E-state index contributed by atoms with van der Waals surface area (Å²) in [7, 11) is 0. The van der Waals surface area contributed by atoms with E-state index in [2.05, 4.69) is 34.1 Å². The summed E-state index contributed by atoms with van der Waals surface area (Å²) in [6.07, 6.45) is 2.28. The van der Waals surface area contributed by atoms with Crippen molar-refractivity contribution in [2.45, 2.75) is 12.8 Å². The zero-order valence-corrected chi connectivity index (χ0v) is 14.2. The topological polar surface area (TPSA) is 32.5 Å². The van der Waals surface area contributed by atoms with Crippen molar-refractivity contribution in [3.63, 3.8) is 0 Å². The molecule has 0 saturated carbocycles. The molecule has 0 radical (unpaired) electrons. The predicted molar refractivity (Wildman–Crippen MR) is 99.3 cm³/mol. The highest BCUT2D eigenvalue weighted by molar-refractivity contribution is 6.30. The van der Waals surface area contributed by atoms with E-state index in [1.165, 1.54) is 17.7 Å². The fourth-order valence-electron chi connectivity index (χ4n) is 3.11. The molecule has 0 aromatic heterocycles. The fourth-order valence-corrected chi connectivity index (χ4v) is 3.33. The minimum Gasteiger partial charge on any atom is -0.399 e. The molecule has 1 heterocycles. The molecule has 2 N–H and O–H groups in total. The number of hydrogen-bond donors (Lipinski definition) is 1. The molecule has 1 aliphatic rings. The number of nitrogen functional groups attached to an aromatic ring is 1. The molecule has 0 bridgehead atoms. The number of rotatable bonds is 5. The lowest BCUT2D eigenvalue weighted by Gasteiger charge is -2.36. The molecule has 0 atom stereocenters. The molecule has 0 amide bonds. The molecule has 1 fully saturated rings. The van der Waals surface area contributed by atoms with Crippen LogP contribution in [0.25, 0.3) is 0 Å². The first-order chi connectivity index (χ1) is 11.2. The largest absolute Gasteiger partial charge is 0.399 e. The van der Waals surface area contributed by atoms with E-state index in [4.69, 9.17) is 17.3 Å². The second kappa shape index (κ2) is 7.71. The predicted octanol–water partition coefficient (Wildman–Crippen LogP) is 3.68. The van der Waals surface area contributed by atoms with Crippen LogP contribution in [0.5, 0.6) is 0 Å². The van der Waals surface area contributed by atoms with Crippen molar-refractivity contribution in [2.24, 2.45) is 0 Å². The van der Waals surface area contributed by atoms with Crippen LogP contribution in [-0.4, -0.2) is 37.6 Å². The van der Waals surface area contributed by atoms with E-state index in [0.29, 0.717) is 0 Å². The van der Waals surface area contributed by atoms with Gasteiger partial charge >= 0.3 is 0 Å². The van der Waals surface area contributed by atoms with E-state index in [0.717, 1.165) is 49.9 Å². The zero-order valence-electron chi connectivity index (χ0n) is 13.4. The standard InChI is InChI=1S/C19H24ClN3/c20-17-5-1-3-16(15-17)4-2-10-22-11-13-23(14-12-22)19-8-6-18(21)7-9-19/h1,3,5-9,15H,2,4,10-14,21H2. The Morgan fingerprint density at radius 3 is 2.39 bits per heavy atom. The van der Waals surface area contributed by atoms with Gasteiger partial charge in [0, 0.05) is 42.6 Å². The summed E-state index contributed by atoms with van der Waals surface area (Å²) < 4.78 is 0. The van der Waals surface area contributed by atoms with E-state index in [9.17, 15) is 0 Å². The van der Waals surface area contributed by atoms with Crippen molar-refractivity contribution < 1.29 is 0 Å². The van der Waals surface area contributed by atoms with Gasteiger partial charge in [-0.1, -0.05) is 23.7 Å². The molecule has 2 aromatic rings. The van der Waals surface area contributed by atoms with E-state index in [1.807, 2.05) is 24.3 Å². The van der Waals surface area contributed by atoms with Crippen LogP contribution < -0.4 is 10.6 Å². The van der Waals surface area contributed by atoms with Crippen LogP contribution in [0, 0.1) is 0 Å². The normalized spacial score (nSPS) is 15.8. The smallest absolute Gasteiger partial charge is 0.0408 e. The van der Waals surface area contributed by atoms with Crippen LogP contribution in [0.15, 0.2) is 48.5 Å². The third kappa shape index (κ3) is 4.63. The molecule has 122 valence electrons. The third-order valence-corrected chi connectivity index (χ3v) is 4.69. The number of anilines is 2. The minimum atomic E-state index is 0.827. The van der Waals surface area contributed by atoms with Crippen LogP contribution >= 0.6 is 11.6 Å². The van der Waals surface area contributed by atoms with Gasteiger partial charge in [-0.3, -0.25) is 4.90 Å². The number of halogens is 1. The number of nitrogens with zero attached hydrogens (tertiary/aromatic N) is 2. The summed E-state index contributed by atoms with van der Waals surface area (Å²) in [4.78, 5) is 4.99. The molecule has 0 spiro atoms. The van der Waals surface area contributed by atoms with Gasteiger partial charge in [0.25, 0.3) is 0 Å². The number of benzene rings is 2. The summed E-state index contributed by atoms with van der Waals surface area (Å²) in [5.41, 5.74) is 9.19. The summed E-state index contributed by atoms with van der Waals surface area (Å²) in [6, 6.07) is 16.4. The summed E-state index contributed by atoms with van der Waals surface area (Å²) >= 11 is 6.03. The van der Waals surface area contributed by atoms with Crippen LogP contribution in [0.2, 0.25) is 5.02 Å². The van der Waals surface area contributed by atoms with Gasteiger partial charge in [0.05, 0.1) is 0 Å². The highest BCUT2D eigenvalue weighted by Gasteiger charge is 2.16. The summed E-state index contributed by atoms with van der Waals surface area (Å²) in [6.45, 7) is 5.57. The third-order valence-electron chi connectivity index (χ3n) is 4.46. The molecule has 2 aromatic carbocycles. The average Bonchev–Trinajstić information content (AvgIpc) is 2.56. The van der Waals surface area contributed by atoms with Crippen molar-refractivity contribution in [2.75, 3.05) is 43.4 Å². The van der Waals surface area contributed by atoms with E-state index in [1.54, 1.807) is 0 Å². The number of aryl methyl sites for hydroxylation is 1. The summed E-state index contributed by atoms with van der Waals surface area (Å²) in [5.74, 6) is 0. The lowest BCUT2D eigenvalue weighted by Crippen LogP contribution is -2.46. The molecule has 23 heavy (non-hydrogen) atoms. The van der Waals surface area contributed by atoms with E-state index >= 15 is 0 Å². The van der Waals surface area contributed by atoms with E-state index < -0.39 is 0 Å². The first-order valence-corrected chi connectivity index (χ1v) is 8.66. The fraction of sp³-hybridized carbons (Fsp3) is 0.368. The quantitative estimate of drug-likeness (QED) is 0.849. The Balaban J connectivity index is 1.41. The lowest BCUT2D eigenvalue weighted by atomic mass is 10.1. The van der Waals surface area contributed by atoms with E-state index in [-0.39, 0.29) is 0 Å². The van der Waals surface area contributed by atoms with Crippen LogP contribution in [0.3, 0.4) is 0 Å². The molecular formula is C19H24ClN3. The molecule has 3 rings (SSSR count). The molecular weight excluding hydrogens is 306 g/mol. The highest BCUT2D eigenvalue weighted by atomic mass is 35.5. The Bertz CT molecular complexity index is 619. The Labute approximate surface area is 143 Å². The van der Waals surface area contributed by atoms with Crippen LogP contribution in [-0.2, 0) is 6.42 Å². The first-order valence-electron chi connectivity index (χ1n) is 8.28. The van der Waals surface area contributed by atoms with Crippen molar-refractivity contribution >= 4 is 23.0 Å². The van der Waals surface area contributed by atoms with Gasteiger partial charge in [-0.2, -0.15) is 0 Å². The Morgan fingerprint density at radius 2 is 1.70 bits per heavy atom. The number of piperazine rings is 1. The van der Waals surface area contributed by atoms with Crippen LogP contribution in [0.1, 0.15) is 12.0 Å². The van der Waals surface area contributed by atoms with Crippen molar-refractivity contribution in [3.05, 3.63) is 59.1 Å². The minimum absolute atomic E-state index is 0.827. The molecule has 0 unspecified atom stereocenters. The Hall–Kier alpha value is -1.71. The maximum atomic E-state index is 6.03. The second-order valence-electron chi connectivity index (χ2n) is 6.15. The van der Waals surface area contributed by atoms with Gasteiger partial charge in [0.2, 0.25) is 0 Å². The van der Waals surface area contributed by atoms with Gasteiger partial charge in [0.1, 0.15) is 0 Å². The SMILES string of the molecule is Nc1ccc(N2CCN(CCCc3cccc(Cl)c3)CC2)cc1. The monoisotopic (exact) mass is 329 g/mol. The second-order valence-corrected chi connectivity index (χ2v) is 6.59. The highest BCUT2D eigenvalue weighted by Crippen LogP contribution is 2.18. The maximum Gasteiger partial charge on any atom is 0.0408 e. The van der Waals surface area contributed by atoms with Gasteiger partial charge in [-0.25, -0.2) is 0 Å². The number of hydrogen-bond acceptors (Lipinski definition) is 3. The average molecular weight is 330 g/mol. The Morgan fingerprint density at radius 1 is 0.957 bits per heavy atom. The van der Waals surface area contributed by atoms with Crippen molar-refractivity contribution in [1.82, 2.24) is 4.90 Å². The lowest BCUT2D eigenvalue weighted by molar-refractivity contribution is 0.255. The van der Waals surface area contributed by atoms with Gasteiger partial charge in [0.15, 0.2) is 0 Å². The van der Waals surface area contributed by atoms with Gasteiger partial charge < -0.3 is 10.6 Å². The number of nitrogens with two attached hydrogens (primary N) is 1. The maximum absolute atomic E-state index is 6.03. The molecule has 4 heteroatoms. The van der Waals surface area contributed by atoms with Gasteiger partial charge in [-0.15, -0.1) is 0 Å². The van der Waals surface area contributed by atoms with Crippen molar-refractivity contribution in [1.29, 1.82) is 0 Å². The molecule has 0 aliphatic carbocycles. The van der Waals surface area contributed by atoms with Crippen molar-refractivity contribution in [3.8, 4) is 0 Å². The van der Waals surface area contributed by atoms with Gasteiger partial charge in [-0.05, 0) is 61.3 Å². The molecule has 1 aliphatic heterocycles. The molecule has 1 saturated heterocycles. The van der Waals surface area contributed by atoms with Crippen LogP contribution in [0.4, 0.5) is 11.4 Å².